The molecule has 0 radical (unpaired) electrons. The number of piperidine rings is 1. The van der Waals surface area contributed by atoms with E-state index in [1.54, 1.807) is 7.05 Å². The molecule has 0 aliphatic carbocycles. The Hall–Kier alpha value is -1.50. The van der Waals surface area contributed by atoms with Crippen LogP contribution >= 0.6 is 0 Å². The molecule has 1 saturated heterocycles. The quantitative estimate of drug-likeness (QED) is 0.363. The minimum absolute atomic E-state index is 0.190. The van der Waals surface area contributed by atoms with Crippen LogP contribution in [0.1, 0.15) is 59.8 Å². The van der Waals surface area contributed by atoms with E-state index < -0.39 is 5.60 Å². The molecule has 1 fully saturated rings. The van der Waals surface area contributed by atoms with Crippen LogP contribution in [0.25, 0.3) is 0 Å². The second-order valence-electron chi connectivity index (χ2n) is 8.05. The van der Waals surface area contributed by atoms with Gasteiger partial charge in [-0.1, -0.05) is 0 Å². The van der Waals surface area contributed by atoms with Gasteiger partial charge in [-0.25, -0.2) is 4.79 Å². The van der Waals surface area contributed by atoms with Gasteiger partial charge in [0, 0.05) is 46.4 Å². The van der Waals surface area contributed by atoms with Crippen molar-refractivity contribution in [1.29, 1.82) is 0 Å². The number of hydrogen-bond acceptors (Lipinski definition) is 4. The lowest BCUT2D eigenvalue weighted by molar-refractivity contribution is 0.0162. The van der Waals surface area contributed by atoms with Crippen LogP contribution in [0.15, 0.2) is 4.99 Å². The minimum atomic E-state index is -0.438. The monoisotopic (exact) mass is 384 g/mol. The van der Waals surface area contributed by atoms with Crippen molar-refractivity contribution in [3.05, 3.63) is 0 Å². The van der Waals surface area contributed by atoms with Crippen molar-refractivity contribution >= 4 is 12.1 Å². The summed E-state index contributed by atoms with van der Waals surface area (Å²) in [7, 11) is 1.79. The summed E-state index contributed by atoms with van der Waals surface area (Å²) in [5, 5.41) is 6.71. The van der Waals surface area contributed by atoms with Gasteiger partial charge in [-0.15, -0.1) is 0 Å². The van der Waals surface area contributed by atoms with Crippen molar-refractivity contribution in [2.45, 2.75) is 65.4 Å². The SMILES string of the molecule is CCOCCCCNC(=NC)NCCC1CCCN(C(=O)OC(C)(C)C)C1. The summed E-state index contributed by atoms with van der Waals surface area (Å²) in [5.41, 5.74) is -0.438. The summed E-state index contributed by atoms with van der Waals surface area (Å²) in [6.45, 7) is 12.7. The summed E-state index contributed by atoms with van der Waals surface area (Å²) in [6, 6.07) is 0. The Morgan fingerprint density at radius 3 is 2.63 bits per heavy atom. The van der Waals surface area contributed by atoms with Gasteiger partial charge in [0.1, 0.15) is 5.60 Å². The van der Waals surface area contributed by atoms with Gasteiger partial charge < -0.3 is 25.0 Å². The highest BCUT2D eigenvalue weighted by Gasteiger charge is 2.27. The molecule has 1 aliphatic heterocycles. The predicted octanol–water partition coefficient (Wildman–Crippen LogP) is 3.01. The van der Waals surface area contributed by atoms with Crippen molar-refractivity contribution in [2.24, 2.45) is 10.9 Å². The molecule has 1 heterocycles. The highest BCUT2D eigenvalue weighted by molar-refractivity contribution is 5.79. The number of nitrogens with zero attached hydrogens (tertiary/aromatic N) is 2. The lowest BCUT2D eigenvalue weighted by atomic mass is 9.95. The fourth-order valence-electron chi connectivity index (χ4n) is 3.09. The molecule has 0 aromatic carbocycles. The van der Waals surface area contributed by atoms with Gasteiger partial charge in [-0.05, 0) is 65.7 Å². The van der Waals surface area contributed by atoms with E-state index in [-0.39, 0.29) is 6.09 Å². The number of likely N-dealkylation sites (tertiary alicyclic amines) is 1. The number of amides is 1. The maximum Gasteiger partial charge on any atom is 0.410 e. The molecule has 7 heteroatoms. The average molecular weight is 385 g/mol. The molecule has 1 aliphatic rings. The number of carbonyl (C=O) groups is 1. The van der Waals surface area contributed by atoms with Crippen LogP contribution in [-0.4, -0.2) is 69.0 Å². The Morgan fingerprint density at radius 1 is 1.22 bits per heavy atom. The third kappa shape index (κ3) is 11.1. The van der Waals surface area contributed by atoms with Gasteiger partial charge in [-0.3, -0.25) is 4.99 Å². The largest absolute Gasteiger partial charge is 0.444 e. The number of carbonyl (C=O) groups excluding carboxylic acids is 1. The Morgan fingerprint density at radius 2 is 1.96 bits per heavy atom. The molecule has 0 aromatic rings. The molecule has 0 saturated carbocycles. The molecule has 1 unspecified atom stereocenters. The zero-order chi connectivity index (χ0) is 20.1. The van der Waals surface area contributed by atoms with E-state index in [9.17, 15) is 4.79 Å². The van der Waals surface area contributed by atoms with Gasteiger partial charge in [0.25, 0.3) is 0 Å². The van der Waals surface area contributed by atoms with Gasteiger partial charge in [0.05, 0.1) is 0 Å². The van der Waals surface area contributed by atoms with Crippen LogP contribution in [-0.2, 0) is 9.47 Å². The fraction of sp³-hybridized carbons (Fsp3) is 0.900. The molecular weight excluding hydrogens is 344 g/mol. The van der Waals surface area contributed by atoms with Crippen LogP contribution in [0.4, 0.5) is 4.79 Å². The molecule has 0 aromatic heterocycles. The average Bonchev–Trinajstić information content (AvgIpc) is 2.62. The van der Waals surface area contributed by atoms with Gasteiger partial charge in [0.2, 0.25) is 0 Å². The van der Waals surface area contributed by atoms with E-state index in [1.807, 2.05) is 32.6 Å². The zero-order valence-corrected chi connectivity index (χ0v) is 18.0. The van der Waals surface area contributed by atoms with E-state index in [0.29, 0.717) is 5.92 Å². The van der Waals surface area contributed by atoms with E-state index in [0.717, 1.165) is 77.5 Å². The minimum Gasteiger partial charge on any atom is -0.444 e. The number of hydrogen-bond donors (Lipinski definition) is 2. The van der Waals surface area contributed by atoms with E-state index in [1.165, 1.54) is 0 Å². The molecule has 1 amide bonds. The Kier molecular flexibility index (Phi) is 11.2. The lowest BCUT2D eigenvalue weighted by Crippen LogP contribution is -2.44. The van der Waals surface area contributed by atoms with Gasteiger partial charge in [-0.2, -0.15) is 0 Å². The Labute approximate surface area is 165 Å². The molecule has 1 rings (SSSR count). The molecule has 27 heavy (non-hydrogen) atoms. The first-order chi connectivity index (χ1) is 12.9. The number of guanidine groups is 1. The number of nitrogens with one attached hydrogen (secondary N) is 2. The molecular formula is C20H40N4O3. The van der Waals surface area contributed by atoms with Crippen LogP contribution in [0.2, 0.25) is 0 Å². The number of aliphatic imine (C=N–C) groups is 1. The predicted molar refractivity (Wildman–Crippen MR) is 110 cm³/mol. The molecule has 1 atom stereocenters. The molecule has 7 nitrogen and oxygen atoms in total. The van der Waals surface area contributed by atoms with Crippen LogP contribution in [0, 0.1) is 5.92 Å². The zero-order valence-electron chi connectivity index (χ0n) is 18.0. The topological polar surface area (TPSA) is 75.2 Å². The van der Waals surface area contributed by atoms with Crippen LogP contribution < -0.4 is 10.6 Å². The number of rotatable bonds is 9. The summed E-state index contributed by atoms with van der Waals surface area (Å²) in [6.07, 6.45) is 5.14. The first kappa shape index (κ1) is 23.5. The van der Waals surface area contributed by atoms with Crippen molar-refractivity contribution in [2.75, 3.05) is 46.4 Å². The molecule has 0 spiro atoms. The van der Waals surface area contributed by atoms with Crippen molar-refractivity contribution < 1.29 is 14.3 Å². The summed E-state index contributed by atoms with van der Waals surface area (Å²) < 4.78 is 10.8. The summed E-state index contributed by atoms with van der Waals surface area (Å²) >= 11 is 0. The van der Waals surface area contributed by atoms with Crippen LogP contribution in [0.5, 0.6) is 0 Å². The third-order valence-electron chi connectivity index (χ3n) is 4.45. The molecule has 2 N–H and O–H groups in total. The lowest BCUT2D eigenvalue weighted by Gasteiger charge is -2.34. The van der Waals surface area contributed by atoms with E-state index in [4.69, 9.17) is 9.47 Å². The van der Waals surface area contributed by atoms with Gasteiger partial charge in [0.15, 0.2) is 5.96 Å². The second-order valence-corrected chi connectivity index (χ2v) is 8.05. The first-order valence-electron chi connectivity index (χ1n) is 10.4. The van der Waals surface area contributed by atoms with Gasteiger partial charge >= 0.3 is 6.09 Å². The smallest absolute Gasteiger partial charge is 0.410 e. The second kappa shape index (κ2) is 12.8. The standard InChI is InChI=1S/C20H40N4O3/c1-6-26-15-8-7-12-22-18(21-5)23-13-11-17-10-9-14-24(16-17)19(25)27-20(2,3)4/h17H,6-16H2,1-5H3,(H2,21,22,23). The molecule has 158 valence electrons. The summed E-state index contributed by atoms with van der Waals surface area (Å²) in [4.78, 5) is 18.4. The van der Waals surface area contributed by atoms with Crippen molar-refractivity contribution in [3.63, 3.8) is 0 Å². The Balaban J connectivity index is 2.22. The van der Waals surface area contributed by atoms with E-state index in [2.05, 4.69) is 15.6 Å². The third-order valence-corrected chi connectivity index (χ3v) is 4.45. The highest BCUT2D eigenvalue weighted by Crippen LogP contribution is 2.21. The van der Waals surface area contributed by atoms with Crippen molar-refractivity contribution in [1.82, 2.24) is 15.5 Å². The number of unbranched alkanes of at least 4 members (excludes halogenated alkanes) is 1. The van der Waals surface area contributed by atoms with Crippen molar-refractivity contribution in [3.8, 4) is 0 Å². The molecule has 0 bridgehead atoms. The maximum absolute atomic E-state index is 12.3. The summed E-state index contributed by atoms with van der Waals surface area (Å²) in [5.74, 6) is 1.34. The maximum atomic E-state index is 12.3. The highest BCUT2D eigenvalue weighted by atomic mass is 16.6. The first-order valence-corrected chi connectivity index (χ1v) is 10.4. The van der Waals surface area contributed by atoms with E-state index >= 15 is 0 Å². The fourth-order valence-corrected chi connectivity index (χ4v) is 3.09. The normalized spacial score (nSPS) is 18.3. The number of ether oxygens (including phenoxy) is 2. The van der Waals surface area contributed by atoms with Crippen LogP contribution in [0.3, 0.4) is 0 Å². The Bertz CT molecular complexity index is 449.